The summed E-state index contributed by atoms with van der Waals surface area (Å²) < 4.78 is 19.9. The second-order valence-corrected chi connectivity index (χ2v) is 6.11. The zero-order valence-corrected chi connectivity index (χ0v) is 12.9. The number of carbonyl (C=O) groups is 1. The fraction of sp³-hybridized carbons (Fsp3) is 0.0556. The van der Waals surface area contributed by atoms with E-state index in [4.69, 9.17) is 4.55 Å². The molecule has 2 N–H and O–H groups in total. The molecule has 0 saturated heterocycles. The number of hydrogen-bond donors (Lipinski definition) is 2. The van der Waals surface area contributed by atoms with Gasteiger partial charge in [-0.05, 0) is 22.4 Å². The Labute approximate surface area is 135 Å². The van der Waals surface area contributed by atoms with Crippen molar-refractivity contribution in [3.63, 3.8) is 0 Å². The van der Waals surface area contributed by atoms with Gasteiger partial charge in [0, 0.05) is 5.56 Å². The molecule has 0 fully saturated rings. The van der Waals surface area contributed by atoms with Gasteiger partial charge in [-0.1, -0.05) is 54.6 Å². The molecule has 1 unspecified atom stereocenters. The first-order chi connectivity index (χ1) is 11.1. The van der Waals surface area contributed by atoms with E-state index in [0.29, 0.717) is 16.5 Å². The molecular weight excluding hydrogens is 312 g/mol. The first-order valence-corrected chi connectivity index (χ1v) is 8.25. The van der Waals surface area contributed by atoms with Crippen LogP contribution < -0.4 is 0 Å². The van der Waals surface area contributed by atoms with Gasteiger partial charge in [0.1, 0.15) is 5.75 Å². The summed E-state index contributed by atoms with van der Waals surface area (Å²) in [6.45, 7) is 0. The number of benzene rings is 3. The third-order valence-electron chi connectivity index (χ3n) is 3.62. The predicted octanol–water partition coefficient (Wildman–Crippen LogP) is 3.50. The lowest BCUT2D eigenvalue weighted by molar-refractivity contribution is 0.103. The molecule has 116 valence electrons. The number of fused-ring (bicyclic) bond motifs is 1. The van der Waals surface area contributed by atoms with Crippen LogP contribution in [0.15, 0.2) is 60.7 Å². The van der Waals surface area contributed by atoms with Gasteiger partial charge < -0.3 is 9.66 Å². The molecule has 0 aliphatic rings. The molecule has 4 nitrogen and oxygen atoms in total. The van der Waals surface area contributed by atoms with Crippen molar-refractivity contribution in [1.82, 2.24) is 0 Å². The summed E-state index contributed by atoms with van der Waals surface area (Å²) in [4.78, 5) is 12.7. The number of hydrogen-bond acceptors (Lipinski definition) is 3. The molecule has 0 radical (unpaired) electrons. The van der Waals surface area contributed by atoms with E-state index in [1.807, 2.05) is 6.07 Å². The van der Waals surface area contributed by atoms with E-state index in [9.17, 15) is 14.1 Å². The van der Waals surface area contributed by atoms with Crippen LogP contribution in [0.5, 0.6) is 5.75 Å². The van der Waals surface area contributed by atoms with Crippen molar-refractivity contribution in [3.8, 4) is 5.75 Å². The number of ketones is 1. The fourth-order valence-electron chi connectivity index (χ4n) is 2.57. The highest BCUT2D eigenvalue weighted by molar-refractivity contribution is 7.78. The van der Waals surface area contributed by atoms with Crippen LogP contribution in [-0.4, -0.2) is 19.7 Å². The van der Waals surface area contributed by atoms with Crippen molar-refractivity contribution < 1.29 is 18.7 Å². The summed E-state index contributed by atoms with van der Waals surface area (Å²) in [5, 5.41) is 11.5. The lowest BCUT2D eigenvalue weighted by Gasteiger charge is -2.10. The zero-order chi connectivity index (χ0) is 16.4. The number of aromatic hydroxyl groups is 1. The molecule has 0 aliphatic carbocycles. The van der Waals surface area contributed by atoms with Crippen LogP contribution in [0.3, 0.4) is 0 Å². The summed E-state index contributed by atoms with van der Waals surface area (Å²) in [5.41, 5.74) is 1.43. The van der Waals surface area contributed by atoms with E-state index in [0.717, 1.165) is 5.39 Å². The minimum atomic E-state index is -1.92. The number of rotatable bonds is 4. The summed E-state index contributed by atoms with van der Waals surface area (Å²) in [5.74, 6) is -0.310. The number of phenols is 1. The lowest BCUT2D eigenvalue weighted by atomic mass is 9.95. The highest BCUT2D eigenvalue weighted by Gasteiger charge is 2.17. The van der Waals surface area contributed by atoms with Crippen molar-refractivity contribution in [2.45, 2.75) is 5.75 Å². The molecule has 3 aromatic rings. The van der Waals surface area contributed by atoms with Gasteiger partial charge in [-0.3, -0.25) is 4.79 Å². The van der Waals surface area contributed by atoms with Gasteiger partial charge in [0.15, 0.2) is 16.9 Å². The summed E-state index contributed by atoms with van der Waals surface area (Å²) in [6, 6.07) is 17.1. The van der Waals surface area contributed by atoms with Crippen molar-refractivity contribution in [3.05, 3.63) is 77.4 Å². The van der Waals surface area contributed by atoms with E-state index < -0.39 is 11.1 Å². The largest absolute Gasteiger partial charge is 0.507 e. The minimum absolute atomic E-state index is 0.0266. The normalized spacial score (nSPS) is 12.2. The van der Waals surface area contributed by atoms with Crippen LogP contribution in [0, 0.1) is 0 Å². The zero-order valence-electron chi connectivity index (χ0n) is 12.1. The van der Waals surface area contributed by atoms with Gasteiger partial charge in [0.05, 0.1) is 11.3 Å². The fourth-order valence-corrected chi connectivity index (χ4v) is 3.04. The summed E-state index contributed by atoms with van der Waals surface area (Å²) in [7, 11) is 0. The van der Waals surface area contributed by atoms with Crippen LogP contribution in [0.2, 0.25) is 0 Å². The third kappa shape index (κ3) is 3.16. The van der Waals surface area contributed by atoms with Gasteiger partial charge in [0.25, 0.3) is 0 Å². The Balaban J connectivity index is 2.14. The molecule has 0 spiro atoms. The Bertz CT molecular complexity index is 904. The van der Waals surface area contributed by atoms with Gasteiger partial charge in [0.2, 0.25) is 0 Å². The molecule has 0 aromatic heterocycles. The van der Waals surface area contributed by atoms with Crippen LogP contribution in [0.25, 0.3) is 10.8 Å². The van der Waals surface area contributed by atoms with Gasteiger partial charge >= 0.3 is 0 Å². The van der Waals surface area contributed by atoms with E-state index >= 15 is 0 Å². The van der Waals surface area contributed by atoms with Crippen molar-refractivity contribution >= 4 is 27.6 Å². The molecule has 0 amide bonds. The molecule has 3 aromatic carbocycles. The van der Waals surface area contributed by atoms with Crippen molar-refractivity contribution in [2.75, 3.05) is 0 Å². The highest BCUT2D eigenvalue weighted by Crippen LogP contribution is 2.30. The van der Waals surface area contributed by atoms with E-state index in [-0.39, 0.29) is 22.8 Å². The first kappa shape index (κ1) is 15.4. The molecule has 0 bridgehead atoms. The Kier molecular flexibility index (Phi) is 4.23. The number of phenolic OH excluding ortho intramolecular Hbond substituents is 1. The molecular formula is C18H14O4S. The van der Waals surface area contributed by atoms with E-state index in [1.165, 1.54) is 6.07 Å². The average Bonchev–Trinajstić information content (AvgIpc) is 2.54. The lowest BCUT2D eigenvalue weighted by Crippen LogP contribution is -2.03. The summed E-state index contributed by atoms with van der Waals surface area (Å²) >= 11 is -1.92. The monoisotopic (exact) mass is 326 g/mol. The smallest absolute Gasteiger partial charge is 0.197 e. The Morgan fingerprint density at radius 2 is 1.74 bits per heavy atom. The average molecular weight is 326 g/mol. The highest BCUT2D eigenvalue weighted by atomic mass is 32.2. The van der Waals surface area contributed by atoms with E-state index in [2.05, 4.69) is 0 Å². The summed E-state index contributed by atoms with van der Waals surface area (Å²) in [6.07, 6.45) is 0. The number of carbonyl (C=O) groups excluding carboxylic acids is 1. The molecule has 0 saturated carbocycles. The SMILES string of the molecule is O=C(c1ccccc1)c1c(O)ccc2cc(CS(=O)O)ccc12. The van der Waals surface area contributed by atoms with Crippen molar-refractivity contribution in [1.29, 1.82) is 0 Å². The Hall–Kier alpha value is -2.50. The second kappa shape index (κ2) is 6.32. The topological polar surface area (TPSA) is 74.6 Å². The molecule has 23 heavy (non-hydrogen) atoms. The van der Waals surface area contributed by atoms with Gasteiger partial charge in [-0.25, -0.2) is 4.21 Å². The predicted molar refractivity (Wildman–Crippen MR) is 90.0 cm³/mol. The first-order valence-electron chi connectivity index (χ1n) is 6.98. The molecule has 3 rings (SSSR count). The van der Waals surface area contributed by atoms with Crippen molar-refractivity contribution in [2.24, 2.45) is 0 Å². The third-order valence-corrected chi connectivity index (χ3v) is 4.20. The quantitative estimate of drug-likeness (QED) is 0.568. The molecule has 1 atom stereocenters. The minimum Gasteiger partial charge on any atom is -0.507 e. The van der Waals surface area contributed by atoms with Crippen LogP contribution in [0.4, 0.5) is 0 Å². The van der Waals surface area contributed by atoms with E-state index in [1.54, 1.807) is 48.5 Å². The van der Waals surface area contributed by atoms with Crippen LogP contribution in [0.1, 0.15) is 21.5 Å². The maximum atomic E-state index is 12.7. The Morgan fingerprint density at radius 1 is 1.00 bits per heavy atom. The molecule has 0 heterocycles. The maximum Gasteiger partial charge on any atom is 0.197 e. The molecule has 5 heteroatoms. The van der Waals surface area contributed by atoms with Crippen LogP contribution in [-0.2, 0) is 16.8 Å². The van der Waals surface area contributed by atoms with Gasteiger partial charge in [-0.2, -0.15) is 0 Å². The maximum absolute atomic E-state index is 12.7. The molecule has 0 aliphatic heterocycles. The van der Waals surface area contributed by atoms with Crippen LogP contribution >= 0.6 is 0 Å². The Morgan fingerprint density at radius 3 is 2.43 bits per heavy atom. The second-order valence-electron chi connectivity index (χ2n) is 5.18. The standard InChI is InChI=1S/C18H14O4S/c19-16-9-7-14-10-12(11-23(21)22)6-8-15(14)17(16)18(20)13-4-2-1-3-5-13/h1-10,19H,11H2,(H,21,22). The van der Waals surface area contributed by atoms with Gasteiger partial charge in [-0.15, -0.1) is 0 Å².